The van der Waals surface area contributed by atoms with Crippen molar-refractivity contribution in [2.45, 2.75) is 20.8 Å². The molecule has 0 saturated carbocycles. The van der Waals surface area contributed by atoms with Crippen LogP contribution >= 0.6 is 0 Å². The Balaban J connectivity index is 2.08. The molecule has 2 aromatic carbocycles. The van der Waals surface area contributed by atoms with Crippen molar-refractivity contribution in [3.63, 3.8) is 0 Å². The third-order valence-corrected chi connectivity index (χ3v) is 4.49. The third-order valence-electron chi connectivity index (χ3n) is 4.49. The Labute approximate surface area is 155 Å². The van der Waals surface area contributed by atoms with Crippen molar-refractivity contribution in [2.75, 3.05) is 7.05 Å². The highest BCUT2D eigenvalue weighted by Gasteiger charge is 2.11. The van der Waals surface area contributed by atoms with Crippen molar-refractivity contribution in [2.24, 2.45) is 10.2 Å². The van der Waals surface area contributed by atoms with Gasteiger partial charge >= 0.3 is 0 Å². The topological polar surface area (TPSA) is 37.6 Å². The van der Waals surface area contributed by atoms with E-state index in [1.165, 1.54) is 11.1 Å². The molecular formula is C23H23N3. The summed E-state index contributed by atoms with van der Waals surface area (Å²) in [6.07, 6.45) is 4.09. The molecular weight excluding hydrogens is 318 g/mol. The molecule has 0 amide bonds. The fraction of sp³-hybridized carbons (Fsp3) is 0.174. The number of azo groups is 1. The van der Waals surface area contributed by atoms with Crippen LogP contribution < -0.4 is 0 Å². The first-order chi connectivity index (χ1) is 12.6. The van der Waals surface area contributed by atoms with Gasteiger partial charge in [0.15, 0.2) is 0 Å². The lowest BCUT2D eigenvalue weighted by atomic mass is 9.93. The molecule has 3 rings (SSSR count). The van der Waals surface area contributed by atoms with Gasteiger partial charge in [-0.25, -0.2) is 0 Å². The van der Waals surface area contributed by atoms with E-state index in [9.17, 15) is 0 Å². The van der Waals surface area contributed by atoms with E-state index in [2.05, 4.69) is 84.5 Å². The normalized spacial score (nSPS) is 11.9. The van der Waals surface area contributed by atoms with Crippen LogP contribution in [0.1, 0.15) is 29.3 Å². The Morgan fingerprint density at radius 3 is 2.38 bits per heavy atom. The van der Waals surface area contributed by atoms with Crippen LogP contribution in [0.4, 0.5) is 5.69 Å². The lowest BCUT2D eigenvalue weighted by Crippen LogP contribution is -1.96. The van der Waals surface area contributed by atoms with Crippen LogP contribution in [0.3, 0.4) is 0 Å². The number of allylic oxidation sites excluding steroid dienone is 1. The molecule has 0 unspecified atom stereocenters. The highest BCUT2D eigenvalue weighted by molar-refractivity contribution is 5.83. The highest BCUT2D eigenvalue weighted by atomic mass is 15.1. The summed E-state index contributed by atoms with van der Waals surface area (Å²) in [4.78, 5) is 4.64. The maximum absolute atomic E-state index is 4.64. The fourth-order valence-electron chi connectivity index (χ4n) is 3.11. The van der Waals surface area contributed by atoms with Crippen LogP contribution in [-0.2, 0) is 0 Å². The summed E-state index contributed by atoms with van der Waals surface area (Å²) in [5.41, 5.74) is 8.82. The van der Waals surface area contributed by atoms with Crippen molar-refractivity contribution in [1.29, 1.82) is 0 Å². The van der Waals surface area contributed by atoms with Crippen molar-refractivity contribution >= 4 is 11.3 Å². The first-order valence-corrected chi connectivity index (χ1v) is 8.73. The average Bonchev–Trinajstić information content (AvgIpc) is 2.67. The van der Waals surface area contributed by atoms with Crippen LogP contribution in [0, 0.1) is 13.8 Å². The zero-order valence-electron chi connectivity index (χ0n) is 15.7. The Kier molecular flexibility index (Phi) is 5.37. The maximum atomic E-state index is 4.64. The summed E-state index contributed by atoms with van der Waals surface area (Å²) >= 11 is 0. The summed E-state index contributed by atoms with van der Waals surface area (Å²) < 4.78 is 0. The lowest BCUT2D eigenvalue weighted by molar-refractivity contribution is 1.15. The number of rotatable bonds is 4. The zero-order chi connectivity index (χ0) is 18.5. The van der Waals surface area contributed by atoms with Gasteiger partial charge in [-0.2, -0.15) is 10.2 Å². The number of hydrogen-bond donors (Lipinski definition) is 0. The maximum Gasteiger partial charge on any atom is 0.0881 e. The van der Waals surface area contributed by atoms with Crippen LogP contribution in [-0.4, -0.2) is 12.0 Å². The second-order valence-corrected chi connectivity index (χ2v) is 6.23. The van der Waals surface area contributed by atoms with E-state index in [-0.39, 0.29) is 0 Å². The molecule has 0 aliphatic rings. The zero-order valence-corrected chi connectivity index (χ0v) is 15.7. The summed E-state index contributed by atoms with van der Waals surface area (Å²) in [7, 11) is 1.69. The molecule has 1 aromatic heterocycles. The van der Waals surface area contributed by atoms with Crippen molar-refractivity contribution < 1.29 is 0 Å². The lowest BCUT2D eigenvalue weighted by Gasteiger charge is -2.14. The van der Waals surface area contributed by atoms with E-state index in [1.54, 1.807) is 7.05 Å². The van der Waals surface area contributed by atoms with Gasteiger partial charge in [-0.05, 0) is 61.2 Å². The van der Waals surface area contributed by atoms with Gasteiger partial charge in [-0.3, -0.25) is 4.98 Å². The van der Waals surface area contributed by atoms with Gasteiger partial charge in [0.25, 0.3) is 0 Å². The number of benzene rings is 2. The van der Waals surface area contributed by atoms with Crippen LogP contribution in [0.15, 0.2) is 77.1 Å². The van der Waals surface area contributed by atoms with Crippen LogP contribution in [0.2, 0.25) is 0 Å². The first-order valence-electron chi connectivity index (χ1n) is 8.73. The average molecular weight is 341 g/mol. The van der Waals surface area contributed by atoms with Gasteiger partial charge in [-0.15, -0.1) is 0 Å². The summed E-state index contributed by atoms with van der Waals surface area (Å²) in [5, 5.41) is 8.05. The first kappa shape index (κ1) is 17.7. The van der Waals surface area contributed by atoms with Gasteiger partial charge in [0.1, 0.15) is 0 Å². The smallest absolute Gasteiger partial charge is 0.0881 e. The predicted molar refractivity (Wildman–Crippen MR) is 109 cm³/mol. The SMILES string of the molecule is C/C=C(/c1ccc(N=NC)c(C)c1)c1cc(-c2ccccc2)cnc1C. The van der Waals surface area contributed by atoms with E-state index in [0.29, 0.717) is 0 Å². The summed E-state index contributed by atoms with van der Waals surface area (Å²) in [5.74, 6) is 0. The predicted octanol–water partition coefficient (Wildman–Crippen LogP) is 6.53. The largest absolute Gasteiger partial charge is 0.260 e. The number of hydrogen-bond acceptors (Lipinski definition) is 3. The van der Waals surface area contributed by atoms with Crippen molar-refractivity contribution in [1.82, 2.24) is 4.98 Å². The molecule has 0 fully saturated rings. The van der Waals surface area contributed by atoms with E-state index in [1.807, 2.05) is 18.3 Å². The highest BCUT2D eigenvalue weighted by Crippen LogP contribution is 2.31. The second-order valence-electron chi connectivity index (χ2n) is 6.23. The molecule has 0 atom stereocenters. The molecule has 26 heavy (non-hydrogen) atoms. The second kappa shape index (κ2) is 7.87. The van der Waals surface area contributed by atoms with Gasteiger partial charge in [0.2, 0.25) is 0 Å². The Bertz CT molecular complexity index is 970. The quantitative estimate of drug-likeness (QED) is 0.497. The Hall–Kier alpha value is -3.07. The molecule has 0 aliphatic carbocycles. The molecule has 0 bridgehead atoms. The number of nitrogens with zero attached hydrogens (tertiary/aromatic N) is 3. The molecule has 3 aromatic rings. The minimum atomic E-state index is 0.902. The molecule has 1 heterocycles. The minimum absolute atomic E-state index is 0.902. The molecule has 0 spiro atoms. The summed E-state index contributed by atoms with van der Waals surface area (Å²) in [6, 6.07) is 18.9. The molecule has 0 saturated heterocycles. The molecule has 130 valence electrons. The number of pyridine rings is 1. The van der Waals surface area contributed by atoms with Gasteiger partial charge in [0.05, 0.1) is 5.69 Å². The van der Waals surface area contributed by atoms with Crippen molar-refractivity contribution in [3.05, 3.63) is 89.3 Å². The number of aromatic nitrogens is 1. The van der Waals surface area contributed by atoms with E-state index in [0.717, 1.165) is 33.6 Å². The van der Waals surface area contributed by atoms with E-state index in [4.69, 9.17) is 0 Å². The molecule has 0 radical (unpaired) electrons. The standard InChI is InChI=1S/C23H23N3/c1-5-21(19-11-12-23(26-24-4)16(2)13-19)22-14-20(15-25-17(22)3)18-9-7-6-8-10-18/h5-15H,1-4H3/b21-5-,26-24?. The van der Waals surface area contributed by atoms with Gasteiger partial charge < -0.3 is 0 Å². The van der Waals surface area contributed by atoms with Gasteiger partial charge in [-0.1, -0.05) is 42.5 Å². The molecule has 0 aliphatic heterocycles. The number of aryl methyl sites for hydroxylation is 2. The monoisotopic (exact) mass is 341 g/mol. The third kappa shape index (κ3) is 3.62. The van der Waals surface area contributed by atoms with Gasteiger partial charge in [0, 0.05) is 30.1 Å². The molecule has 0 N–H and O–H groups in total. The Morgan fingerprint density at radius 1 is 0.962 bits per heavy atom. The fourth-order valence-corrected chi connectivity index (χ4v) is 3.11. The molecule has 3 heteroatoms. The minimum Gasteiger partial charge on any atom is -0.260 e. The van der Waals surface area contributed by atoms with Crippen LogP contribution in [0.5, 0.6) is 0 Å². The molecule has 3 nitrogen and oxygen atoms in total. The van der Waals surface area contributed by atoms with Crippen LogP contribution in [0.25, 0.3) is 16.7 Å². The van der Waals surface area contributed by atoms with E-state index < -0.39 is 0 Å². The van der Waals surface area contributed by atoms with E-state index >= 15 is 0 Å². The summed E-state index contributed by atoms with van der Waals surface area (Å²) in [6.45, 7) is 6.19. The van der Waals surface area contributed by atoms with Crippen molar-refractivity contribution in [3.8, 4) is 11.1 Å². The Morgan fingerprint density at radius 2 is 1.73 bits per heavy atom.